The number of anilines is 1. The van der Waals surface area contributed by atoms with E-state index >= 15 is 0 Å². The molecule has 0 aromatic heterocycles. The number of amides is 2. The van der Waals surface area contributed by atoms with Gasteiger partial charge >= 0.3 is 5.97 Å². The van der Waals surface area contributed by atoms with Crippen LogP contribution < -0.4 is 9.64 Å². The van der Waals surface area contributed by atoms with Crippen molar-refractivity contribution in [2.75, 3.05) is 4.90 Å². The summed E-state index contributed by atoms with van der Waals surface area (Å²) in [4.78, 5) is 48.5. The number of ether oxygens (including phenoxy) is 1. The normalized spacial score (nSPS) is 12.6. The topological polar surface area (TPSA) is 127 Å². The number of carbonyl (C=O) groups is 3. The third kappa shape index (κ3) is 3.48. The van der Waals surface area contributed by atoms with Gasteiger partial charge in [-0.15, -0.1) is 0 Å². The molecule has 0 spiro atoms. The van der Waals surface area contributed by atoms with Gasteiger partial charge in [0.05, 0.1) is 33.4 Å². The van der Waals surface area contributed by atoms with Gasteiger partial charge in [-0.1, -0.05) is 12.1 Å². The Morgan fingerprint density at radius 2 is 1.68 bits per heavy atom. The zero-order valence-corrected chi connectivity index (χ0v) is 16.1. The standard InChI is InChI=1S/C22H14N2O7/c1-12-5-6-13(22(27)28)9-19(12)23-20(25)17-8-7-16(11-18(17)21(23)26)31-15-4-2-3-14(10-15)24(29)30/h2-11H,1H3,(H,27,28). The first-order valence-electron chi connectivity index (χ1n) is 9.05. The molecule has 9 nitrogen and oxygen atoms in total. The number of nitro groups is 1. The molecule has 1 aliphatic heterocycles. The maximum absolute atomic E-state index is 13.0. The lowest BCUT2D eigenvalue weighted by Crippen LogP contribution is -2.30. The van der Waals surface area contributed by atoms with Gasteiger partial charge in [0, 0.05) is 6.07 Å². The molecule has 9 heteroatoms. The van der Waals surface area contributed by atoms with Crippen LogP contribution in [0.5, 0.6) is 11.5 Å². The van der Waals surface area contributed by atoms with Crippen molar-refractivity contribution < 1.29 is 29.2 Å². The molecular formula is C22H14N2O7. The smallest absolute Gasteiger partial charge is 0.335 e. The number of nitrogens with zero attached hydrogens (tertiary/aromatic N) is 2. The molecule has 31 heavy (non-hydrogen) atoms. The van der Waals surface area contributed by atoms with E-state index in [0.717, 1.165) is 4.90 Å². The zero-order valence-electron chi connectivity index (χ0n) is 16.1. The third-order valence-corrected chi connectivity index (χ3v) is 4.82. The van der Waals surface area contributed by atoms with Crippen LogP contribution in [0.25, 0.3) is 0 Å². The summed E-state index contributed by atoms with van der Waals surface area (Å²) in [5.74, 6) is -1.95. The van der Waals surface area contributed by atoms with E-state index in [0.29, 0.717) is 5.56 Å². The van der Waals surface area contributed by atoms with Crippen molar-refractivity contribution in [2.24, 2.45) is 0 Å². The van der Waals surface area contributed by atoms with Crippen LogP contribution in [-0.4, -0.2) is 27.8 Å². The first-order valence-corrected chi connectivity index (χ1v) is 9.05. The molecule has 3 aromatic carbocycles. The van der Waals surface area contributed by atoms with E-state index in [4.69, 9.17) is 4.74 Å². The van der Waals surface area contributed by atoms with Gasteiger partial charge in [0.25, 0.3) is 17.5 Å². The molecule has 4 rings (SSSR count). The molecule has 154 valence electrons. The van der Waals surface area contributed by atoms with Crippen LogP contribution in [0.15, 0.2) is 60.7 Å². The van der Waals surface area contributed by atoms with Gasteiger partial charge in [-0.2, -0.15) is 0 Å². The Morgan fingerprint density at radius 1 is 0.968 bits per heavy atom. The van der Waals surface area contributed by atoms with Crippen LogP contribution in [0.2, 0.25) is 0 Å². The van der Waals surface area contributed by atoms with Crippen molar-refractivity contribution in [1.82, 2.24) is 0 Å². The highest BCUT2D eigenvalue weighted by molar-refractivity contribution is 6.34. The van der Waals surface area contributed by atoms with Crippen molar-refractivity contribution in [2.45, 2.75) is 6.92 Å². The molecule has 0 unspecified atom stereocenters. The Labute approximate surface area is 175 Å². The van der Waals surface area contributed by atoms with Crippen molar-refractivity contribution in [1.29, 1.82) is 0 Å². The lowest BCUT2D eigenvalue weighted by molar-refractivity contribution is -0.384. The highest BCUT2D eigenvalue weighted by Gasteiger charge is 2.38. The first kappa shape index (κ1) is 19.8. The number of aryl methyl sites for hydroxylation is 1. The minimum atomic E-state index is -1.18. The molecular weight excluding hydrogens is 404 g/mol. The Balaban J connectivity index is 1.68. The molecule has 2 amide bonds. The van der Waals surface area contributed by atoms with Crippen LogP contribution in [0.3, 0.4) is 0 Å². The number of carbonyl (C=O) groups excluding carboxylic acids is 2. The van der Waals surface area contributed by atoms with Crippen LogP contribution in [0.4, 0.5) is 11.4 Å². The fraction of sp³-hybridized carbons (Fsp3) is 0.0455. The molecule has 1 N–H and O–H groups in total. The number of carboxylic acid groups (broad SMARTS) is 1. The minimum absolute atomic E-state index is 0.0492. The van der Waals surface area contributed by atoms with E-state index in [-0.39, 0.29) is 39.6 Å². The molecule has 0 saturated carbocycles. The van der Waals surface area contributed by atoms with Crippen LogP contribution in [0.1, 0.15) is 36.6 Å². The summed E-state index contributed by atoms with van der Waals surface area (Å²) in [6, 6.07) is 14.0. The summed E-state index contributed by atoms with van der Waals surface area (Å²) in [5.41, 5.74) is 0.793. The average Bonchev–Trinajstić information content (AvgIpc) is 2.98. The van der Waals surface area contributed by atoms with E-state index in [2.05, 4.69) is 0 Å². The number of nitro benzene ring substituents is 1. The van der Waals surface area contributed by atoms with E-state index in [1.165, 1.54) is 60.7 Å². The number of hydrogen-bond donors (Lipinski definition) is 1. The predicted molar refractivity (Wildman–Crippen MR) is 109 cm³/mol. The first-order chi connectivity index (χ1) is 14.8. The molecule has 0 radical (unpaired) electrons. The van der Waals surface area contributed by atoms with Crippen molar-refractivity contribution in [3.05, 3.63) is 93.0 Å². The van der Waals surface area contributed by atoms with Gasteiger partial charge in [-0.3, -0.25) is 19.7 Å². The summed E-state index contributed by atoms with van der Waals surface area (Å²) in [7, 11) is 0. The molecule has 0 atom stereocenters. The molecule has 0 fully saturated rings. The maximum Gasteiger partial charge on any atom is 0.335 e. The van der Waals surface area contributed by atoms with E-state index in [1.54, 1.807) is 6.92 Å². The molecule has 1 aliphatic rings. The number of aromatic carboxylic acids is 1. The molecule has 1 heterocycles. The number of hydrogen-bond acceptors (Lipinski definition) is 6. The monoisotopic (exact) mass is 418 g/mol. The number of non-ortho nitro benzene ring substituents is 1. The fourth-order valence-electron chi connectivity index (χ4n) is 3.28. The van der Waals surface area contributed by atoms with E-state index in [9.17, 15) is 29.6 Å². The van der Waals surface area contributed by atoms with Gasteiger partial charge in [0.1, 0.15) is 11.5 Å². The largest absolute Gasteiger partial charge is 0.478 e. The van der Waals surface area contributed by atoms with Crippen LogP contribution >= 0.6 is 0 Å². The lowest BCUT2D eigenvalue weighted by Gasteiger charge is -2.17. The predicted octanol–water partition coefficient (Wildman–Crippen LogP) is 4.19. The quantitative estimate of drug-likeness (QED) is 0.374. The highest BCUT2D eigenvalue weighted by Crippen LogP contribution is 2.34. The van der Waals surface area contributed by atoms with Gasteiger partial charge in [0.15, 0.2) is 0 Å². The van der Waals surface area contributed by atoms with E-state index in [1.807, 2.05) is 0 Å². The summed E-state index contributed by atoms with van der Waals surface area (Å²) in [5, 5.41) is 20.2. The van der Waals surface area contributed by atoms with Crippen molar-refractivity contribution in [3.8, 4) is 11.5 Å². The second-order valence-electron chi connectivity index (χ2n) is 6.82. The summed E-state index contributed by atoms with van der Waals surface area (Å²) in [6.45, 7) is 1.67. The van der Waals surface area contributed by atoms with Gasteiger partial charge in [0.2, 0.25) is 0 Å². The van der Waals surface area contributed by atoms with Crippen LogP contribution in [-0.2, 0) is 0 Å². The number of imide groups is 1. The molecule has 0 bridgehead atoms. The number of benzene rings is 3. The average molecular weight is 418 g/mol. The lowest BCUT2D eigenvalue weighted by atomic mass is 10.1. The van der Waals surface area contributed by atoms with Gasteiger partial charge in [-0.25, -0.2) is 9.69 Å². The minimum Gasteiger partial charge on any atom is -0.478 e. The molecule has 0 saturated heterocycles. The summed E-state index contributed by atoms with van der Waals surface area (Å²) < 4.78 is 5.63. The summed E-state index contributed by atoms with van der Waals surface area (Å²) in [6.07, 6.45) is 0. The number of rotatable bonds is 5. The van der Waals surface area contributed by atoms with E-state index < -0.39 is 22.7 Å². The van der Waals surface area contributed by atoms with Crippen LogP contribution in [0, 0.1) is 17.0 Å². The summed E-state index contributed by atoms with van der Waals surface area (Å²) >= 11 is 0. The highest BCUT2D eigenvalue weighted by atomic mass is 16.6. The Kier molecular flexibility index (Phi) is 4.70. The maximum atomic E-state index is 13.0. The molecule has 3 aromatic rings. The fourth-order valence-corrected chi connectivity index (χ4v) is 3.28. The zero-order chi connectivity index (χ0) is 22.3. The van der Waals surface area contributed by atoms with Gasteiger partial charge in [-0.05, 0) is 48.9 Å². The molecule has 0 aliphatic carbocycles. The van der Waals surface area contributed by atoms with Gasteiger partial charge < -0.3 is 9.84 Å². The second kappa shape index (κ2) is 7.38. The van der Waals surface area contributed by atoms with Crippen molar-refractivity contribution >= 4 is 29.2 Å². The Bertz CT molecular complexity index is 1280. The Morgan fingerprint density at radius 3 is 2.39 bits per heavy atom. The Hall–Kier alpha value is -4.53. The number of carboxylic acids is 1. The SMILES string of the molecule is Cc1ccc(C(=O)O)cc1N1C(=O)c2ccc(Oc3cccc([N+](=O)[O-])c3)cc2C1=O. The number of fused-ring (bicyclic) bond motifs is 1. The second-order valence-corrected chi connectivity index (χ2v) is 6.82. The third-order valence-electron chi connectivity index (χ3n) is 4.82. The van der Waals surface area contributed by atoms with Crippen molar-refractivity contribution in [3.63, 3.8) is 0 Å².